The topological polar surface area (TPSA) is 113 Å². The fraction of sp³-hybridized carbons (Fsp3) is 0.562. The number of fused-ring (bicyclic) bond motifs is 1. The second-order valence-electron chi connectivity index (χ2n) is 6.69. The molecule has 0 bridgehead atoms. The van der Waals surface area contributed by atoms with E-state index in [4.69, 9.17) is 10.5 Å². The molecule has 2 fully saturated rings. The van der Waals surface area contributed by atoms with Crippen LogP contribution in [0.3, 0.4) is 0 Å². The number of β-lactam (4-membered cyclic amide) rings is 1. The van der Waals surface area contributed by atoms with Crippen molar-refractivity contribution in [1.82, 2.24) is 9.80 Å². The van der Waals surface area contributed by atoms with Crippen LogP contribution in [-0.4, -0.2) is 64.5 Å². The number of carbonyl (C=O) groups is 3. The number of ether oxygens (including phenoxy) is 1. The molecule has 2 amide bonds. The van der Waals surface area contributed by atoms with Crippen molar-refractivity contribution in [2.24, 2.45) is 11.7 Å². The Balaban J connectivity index is 1.89. The Morgan fingerprint density at radius 1 is 1.46 bits per heavy atom. The first-order chi connectivity index (χ1) is 11.3. The van der Waals surface area contributed by atoms with Crippen LogP contribution in [0, 0.1) is 5.92 Å². The molecule has 24 heavy (non-hydrogen) atoms. The lowest BCUT2D eigenvalue weighted by molar-refractivity contribution is -0.156. The maximum Gasteiger partial charge on any atom is 0.356 e. The largest absolute Gasteiger partial charge is 0.489 e. The predicted octanol–water partition coefficient (Wildman–Crippen LogP) is -0.334. The third kappa shape index (κ3) is 2.56. The van der Waals surface area contributed by atoms with Gasteiger partial charge in [-0.2, -0.15) is 0 Å². The first-order valence-corrected chi connectivity index (χ1v) is 8.00. The number of allylic oxidation sites excluding steroid dienone is 1. The number of hydrogen-bond donors (Lipinski definition) is 2. The molecule has 0 saturated carbocycles. The fourth-order valence-electron chi connectivity index (χ4n) is 3.28. The van der Waals surface area contributed by atoms with Gasteiger partial charge in [0.05, 0.1) is 6.04 Å². The Labute approximate surface area is 139 Å². The highest BCUT2D eigenvalue weighted by Crippen LogP contribution is 2.33. The number of carbonyl (C=O) groups excluding carboxylic acids is 2. The van der Waals surface area contributed by atoms with Crippen molar-refractivity contribution >= 4 is 17.8 Å². The molecule has 0 aromatic rings. The summed E-state index contributed by atoms with van der Waals surface area (Å²) < 4.78 is 5.51. The van der Waals surface area contributed by atoms with Crippen LogP contribution in [0.5, 0.6) is 0 Å². The number of aliphatic carboxylic acids is 1. The van der Waals surface area contributed by atoms with E-state index in [1.807, 2.05) is 13.8 Å². The molecule has 3 aliphatic heterocycles. The lowest BCUT2D eigenvalue weighted by Crippen LogP contribution is -2.71. The molecule has 0 radical (unpaired) electrons. The van der Waals surface area contributed by atoms with Gasteiger partial charge >= 0.3 is 5.97 Å². The molecule has 130 valence electrons. The summed E-state index contributed by atoms with van der Waals surface area (Å²) in [5.41, 5.74) is 5.94. The molecule has 2 saturated heterocycles. The summed E-state index contributed by atoms with van der Waals surface area (Å²) >= 11 is 0. The van der Waals surface area contributed by atoms with Crippen LogP contribution in [0.1, 0.15) is 20.3 Å². The minimum Gasteiger partial charge on any atom is -0.489 e. The lowest BCUT2D eigenvalue weighted by atomic mass is 9.93. The van der Waals surface area contributed by atoms with Gasteiger partial charge in [0.15, 0.2) is 11.5 Å². The van der Waals surface area contributed by atoms with E-state index in [1.54, 1.807) is 4.90 Å². The highest BCUT2D eigenvalue weighted by molar-refractivity contribution is 6.01. The molecule has 3 heterocycles. The summed E-state index contributed by atoms with van der Waals surface area (Å²) in [4.78, 5) is 38.8. The van der Waals surface area contributed by atoms with Gasteiger partial charge in [0.1, 0.15) is 12.6 Å². The molecule has 8 heteroatoms. The first kappa shape index (κ1) is 16.5. The average Bonchev–Trinajstić information content (AvgIpc) is 2.86. The zero-order valence-electron chi connectivity index (χ0n) is 13.7. The van der Waals surface area contributed by atoms with Crippen LogP contribution in [-0.2, 0) is 19.1 Å². The third-order valence-corrected chi connectivity index (χ3v) is 4.46. The Morgan fingerprint density at radius 2 is 2.17 bits per heavy atom. The fourth-order valence-corrected chi connectivity index (χ4v) is 3.28. The molecular formula is C16H21N3O5. The summed E-state index contributed by atoms with van der Waals surface area (Å²) in [7, 11) is 0. The first-order valence-electron chi connectivity index (χ1n) is 8.00. The van der Waals surface area contributed by atoms with Crippen LogP contribution in [0.2, 0.25) is 0 Å². The summed E-state index contributed by atoms with van der Waals surface area (Å²) in [5, 5.41) is 9.45. The van der Waals surface area contributed by atoms with Crippen LogP contribution in [0.4, 0.5) is 0 Å². The summed E-state index contributed by atoms with van der Waals surface area (Å²) in [6, 6.07) is -1.19. The van der Waals surface area contributed by atoms with Gasteiger partial charge in [0, 0.05) is 18.7 Å². The molecule has 3 rings (SSSR count). The van der Waals surface area contributed by atoms with E-state index in [-0.39, 0.29) is 24.0 Å². The van der Waals surface area contributed by atoms with E-state index in [1.165, 1.54) is 6.08 Å². The second-order valence-corrected chi connectivity index (χ2v) is 6.69. The van der Waals surface area contributed by atoms with Gasteiger partial charge in [0.2, 0.25) is 11.8 Å². The van der Waals surface area contributed by atoms with E-state index >= 15 is 0 Å². The molecule has 0 aliphatic carbocycles. The Hall–Kier alpha value is -2.35. The quantitative estimate of drug-likeness (QED) is 0.537. The Kier molecular flexibility index (Phi) is 4.08. The van der Waals surface area contributed by atoms with Crippen molar-refractivity contribution in [3.05, 3.63) is 23.1 Å². The van der Waals surface area contributed by atoms with Crippen LogP contribution < -0.4 is 5.73 Å². The van der Waals surface area contributed by atoms with Crippen LogP contribution in [0.25, 0.3) is 0 Å². The van der Waals surface area contributed by atoms with E-state index in [2.05, 4.69) is 0 Å². The van der Waals surface area contributed by atoms with E-state index in [9.17, 15) is 19.5 Å². The van der Waals surface area contributed by atoms with Gasteiger partial charge in [-0.3, -0.25) is 14.5 Å². The minimum absolute atomic E-state index is 0.0498. The number of rotatable bonds is 4. The summed E-state index contributed by atoms with van der Waals surface area (Å²) in [6.45, 7) is 5.46. The highest BCUT2D eigenvalue weighted by Gasteiger charge is 2.52. The molecule has 2 atom stereocenters. The van der Waals surface area contributed by atoms with E-state index < -0.39 is 24.0 Å². The molecule has 0 aromatic heterocycles. The molecule has 3 N–H and O–H groups in total. The zero-order valence-corrected chi connectivity index (χ0v) is 13.7. The lowest BCUT2D eigenvalue weighted by Gasteiger charge is -2.47. The SMILES string of the molecule is CC(C)CN1CCC(=CC2=C(C(=O)O)N3C(=O)[C@@H](N)[C@H]3CO2)C1=O. The van der Waals surface area contributed by atoms with Crippen molar-refractivity contribution in [1.29, 1.82) is 0 Å². The number of nitrogens with zero attached hydrogens (tertiary/aromatic N) is 2. The Morgan fingerprint density at radius 3 is 2.79 bits per heavy atom. The minimum atomic E-state index is -1.27. The summed E-state index contributed by atoms with van der Waals surface area (Å²) in [6.07, 6.45) is 1.99. The average molecular weight is 335 g/mol. The molecule has 8 nitrogen and oxygen atoms in total. The second kappa shape index (κ2) is 5.94. The van der Waals surface area contributed by atoms with Crippen molar-refractivity contribution in [2.45, 2.75) is 32.4 Å². The maximum atomic E-state index is 12.4. The molecule has 0 aromatic carbocycles. The number of carboxylic acid groups (broad SMARTS) is 1. The molecule has 0 spiro atoms. The highest BCUT2D eigenvalue weighted by atomic mass is 16.5. The zero-order chi connectivity index (χ0) is 17.6. The standard InChI is InChI=1S/C16H21N3O5/c1-8(2)6-18-4-3-9(14(18)20)5-11-13(16(22)23)19-10(7-24-11)12(17)15(19)21/h5,8,10,12H,3-4,6-7,17H2,1-2H3,(H,22,23)/t10-,12+/m1/s1. The van der Waals surface area contributed by atoms with Gasteiger partial charge in [-0.1, -0.05) is 13.8 Å². The monoisotopic (exact) mass is 335 g/mol. The molecular weight excluding hydrogens is 314 g/mol. The number of carboxylic acids is 1. The van der Waals surface area contributed by atoms with Crippen molar-refractivity contribution in [3.63, 3.8) is 0 Å². The smallest absolute Gasteiger partial charge is 0.356 e. The van der Waals surface area contributed by atoms with Gasteiger partial charge in [0.25, 0.3) is 0 Å². The maximum absolute atomic E-state index is 12.4. The number of likely N-dealkylation sites (tertiary alicyclic amines) is 1. The van der Waals surface area contributed by atoms with Gasteiger partial charge in [-0.25, -0.2) is 4.79 Å². The van der Waals surface area contributed by atoms with Crippen molar-refractivity contribution < 1.29 is 24.2 Å². The number of nitrogens with two attached hydrogens (primary N) is 1. The Bertz CT molecular complexity index is 667. The van der Waals surface area contributed by atoms with Crippen molar-refractivity contribution in [3.8, 4) is 0 Å². The predicted molar refractivity (Wildman–Crippen MR) is 83.3 cm³/mol. The number of hydrogen-bond acceptors (Lipinski definition) is 5. The van der Waals surface area contributed by atoms with Crippen LogP contribution >= 0.6 is 0 Å². The summed E-state index contributed by atoms with van der Waals surface area (Å²) in [5.74, 6) is -1.41. The molecule has 3 aliphatic rings. The van der Waals surface area contributed by atoms with Gasteiger partial charge in [-0.05, 0) is 18.4 Å². The van der Waals surface area contributed by atoms with E-state index in [0.29, 0.717) is 31.0 Å². The van der Waals surface area contributed by atoms with Gasteiger partial charge < -0.3 is 20.5 Å². The van der Waals surface area contributed by atoms with Gasteiger partial charge in [-0.15, -0.1) is 0 Å². The third-order valence-electron chi connectivity index (χ3n) is 4.46. The van der Waals surface area contributed by atoms with Crippen molar-refractivity contribution in [2.75, 3.05) is 19.7 Å². The molecule has 0 unspecified atom stereocenters. The normalized spacial score (nSPS) is 28.4. The van der Waals surface area contributed by atoms with E-state index in [0.717, 1.165) is 4.90 Å². The van der Waals surface area contributed by atoms with Crippen LogP contribution in [0.15, 0.2) is 23.1 Å². The number of amides is 2.